The van der Waals surface area contributed by atoms with E-state index >= 15 is 0 Å². The van der Waals surface area contributed by atoms with Gasteiger partial charge in [-0.1, -0.05) is 23.7 Å². The molecule has 1 aliphatic carbocycles. The van der Waals surface area contributed by atoms with Crippen LogP contribution >= 0.6 is 11.6 Å². The molecule has 0 saturated heterocycles. The fraction of sp³-hybridized carbons (Fsp3) is 0.333. The molecule has 3 rings (SSSR count). The molecule has 0 spiro atoms. The molecule has 0 amide bonds. The van der Waals surface area contributed by atoms with E-state index in [-0.39, 0.29) is 4.90 Å². The van der Waals surface area contributed by atoms with Gasteiger partial charge < -0.3 is 14.9 Å². The fourth-order valence-corrected chi connectivity index (χ4v) is 6.01. The lowest BCUT2D eigenvalue weighted by atomic mass is 10.0. The number of aliphatic hydroxyl groups is 2. The molecule has 25 heavy (non-hydrogen) atoms. The quantitative estimate of drug-likeness (QED) is 0.800. The molecule has 0 bridgehead atoms. The third kappa shape index (κ3) is 2.93. The van der Waals surface area contributed by atoms with Gasteiger partial charge in [0.2, 0.25) is 0 Å². The minimum absolute atomic E-state index is 0.129. The minimum Gasteiger partial charge on any atom is -0.497 e. The highest BCUT2D eigenvalue weighted by atomic mass is 35.5. The van der Waals surface area contributed by atoms with Crippen LogP contribution in [0.1, 0.15) is 11.5 Å². The Hall–Kier alpha value is -1.60. The highest BCUT2D eigenvalue weighted by molar-refractivity contribution is 7.92. The maximum Gasteiger partial charge on any atom is 0.182 e. The number of aliphatic hydroxyl groups excluding tert-OH is 2. The molecule has 2 aromatic rings. The van der Waals surface area contributed by atoms with Gasteiger partial charge in [0.05, 0.1) is 30.5 Å². The summed E-state index contributed by atoms with van der Waals surface area (Å²) in [6.45, 7) is -0.838. The van der Waals surface area contributed by atoms with Gasteiger partial charge in [0.1, 0.15) is 5.75 Å². The zero-order valence-corrected chi connectivity index (χ0v) is 15.2. The Morgan fingerprint density at radius 1 is 1.04 bits per heavy atom. The Morgan fingerprint density at radius 2 is 1.60 bits per heavy atom. The minimum atomic E-state index is -3.74. The topological polar surface area (TPSA) is 83.8 Å². The molecule has 2 atom stereocenters. The summed E-state index contributed by atoms with van der Waals surface area (Å²) < 4.78 is 31.2. The molecule has 0 aromatic heterocycles. The van der Waals surface area contributed by atoms with Gasteiger partial charge in [-0.3, -0.25) is 0 Å². The zero-order valence-electron chi connectivity index (χ0n) is 13.6. The van der Waals surface area contributed by atoms with Crippen molar-refractivity contribution < 1.29 is 23.4 Å². The number of benzene rings is 2. The number of halogens is 1. The van der Waals surface area contributed by atoms with E-state index in [2.05, 4.69) is 0 Å². The normalized spacial score (nSPS) is 21.8. The lowest BCUT2D eigenvalue weighted by Crippen LogP contribution is -2.23. The van der Waals surface area contributed by atoms with Crippen LogP contribution in [0.3, 0.4) is 0 Å². The van der Waals surface area contributed by atoms with Gasteiger partial charge in [-0.15, -0.1) is 0 Å². The molecule has 1 aliphatic rings. The number of methoxy groups -OCH3 is 1. The molecule has 1 saturated carbocycles. The van der Waals surface area contributed by atoms with Crippen LogP contribution < -0.4 is 4.74 Å². The predicted molar refractivity (Wildman–Crippen MR) is 94.8 cm³/mol. The summed E-state index contributed by atoms with van der Waals surface area (Å²) in [5.74, 6) is 0.161. The van der Waals surface area contributed by atoms with Crippen molar-refractivity contribution in [2.75, 3.05) is 20.3 Å². The number of hydrogen-bond acceptors (Lipinski definition) is 5. The number of sulfone groups is 1. The smallest absolute Gasteiger partial charge is 0.182 e. The summed E-state index contributed by atoms with van der Waals surface area (Å²) in [6, 6.07) is 12.9. The highest BCUT2D eigenvalue weighted by Crippen LogP contribution is 2.63. The van der Waals surface area contributed by atoms with Crippen LogP contribution in [0.25, 0.3) is 0 Å². The van der Waals surface area contributed by atoms with Crippen molar-refractivity contribution in [2.45, 2.75) is 16.1 Å². The summed E-state index contributed by atoms with van der Waals surface area (Å²) in [5.41, 5.74) is -0.362. The summed E-state index contributed by atoms with van der Waals surface area (Å²) in [7, 11) is -2.19. The number of hydrogen-bond donors (Lipinski definition) is 2. The largest absolute Gasteiger partial charge is 0.497 e. The van der Waals surface area contributed by atoms with Gasteiger partial charge in [0, 0.05) is 16.4 Å². The van der Waals surface area contributed by atoms with Crippen molar-refractivity contribution in [1.29, 1.82) is 0 Å². The van der Waals surface area contributed by atoms with Gasteiger partial charge in [0.25, 0.3) is 0 Å². The van der Waals surface area contributed by atoms with Gasteiger partial charge >= 0.3 is 0 Å². The van der Waals surface area contributed by atoms with Crippen LogP contribution in [0, 0.1) is 5.41 Å². The molecule has 0 aliphatic heterocycles. The lowest BCUT2D eigenvalue weighted by Gasteiger charge is -2.11. The molecule has 7 heteroatoms. The standard InChI is InChI=1S/C18H19ClO5S/c1-24-14-6-2-12(3-7-14)16-17(18(16,10-20)11-21)25(22,23)15-8-4-13(19)5-9-15/h2-9,16-17,20-21H,10-11H2,1H3/t16-,17-/m1/s1. The summed E-state index contributed by atoms with van der Waals surface area (Å²) in [4.78, 5) is 0.129. The predicted octanol–water partition coefficient (Wildman–Crippen LogP) is 2.26. The van der Waals surface area contributed by atoms with Crippen molar-refractivity contribution in [1.82, 2.24) is 0 Å². The van der Waals surface area contributed by atoms with Crippen molar-refractivity contribution in [3.63, 3.8) is 0 Å². The van der Waals surface area contributed by atoms with E-state index in [9.17, 15) is 18.6 Å². The molecular weight excluding hydrogens is 364 g/mol. The highest BCUT2D eigenvalue weighted by Gasteiger charge is 2.70. The van der Waals surface area contributed by atoms with E-state index < -0.39 is 39.6 Å². The molecule has 134 valence electrons. The zero-order chi connectivity index (χ0) is 18.2. The van der Waals surface area contributed by atoms with Crippen LogP contribution in [0.4, 0.5) is 0 Å². The average molecular weight is 383 g/mol. The van der Waals surface area contributed by atoms with Crippen molar-refractivity contribution >= 4 is 21.4 Å². The molecule has 0 heterocycles. The maximum atomic E-state index is 13.1. The summed E-state index contributed by atoms with van der Waals surface area (Å²) in [6.07, 6.45) is 0. The molecule has 2 aromatic carbocycles. The Morgan fingerprint density at radius 3 is 2.08 bits per heavy atom. The first-order chi connectivity index (χ1) is 11.9. The monoisotopic (exact) mass is 382 g/mol. The Balaban J connectivity index is 2.02. The van der Waals surface area contributed by atoms with Gasteiger partial charge in [-0.25, -0.2) is 8.42 Å². The Labute approximate surface area is 151 Å². The summed E-state index contributed by atoms with van der Waals surface area (Å²) >= 11 is 5.83. The fourth-order valence-electron chi connectivity index (χ4n) is 3.46. The summed E-state index contributed by atoms with van der Waals surface area (Å²) in [5, 5.41) is 19.2. The second-order valence-corrected chi connectivity index (χ2v) is 8.73. The van der Waals surface area contributed by atoms with Crippen LogP contribution in [0.5, 0.6) is 5.75 Å². The van der Waals surface area contributed by atoms with Crippen LogP contribution in [0.2, 0.25) is 5.02 Å². The van der Waals surface area contributed by atoms with Crippen molar-refractivity contribution in [3.05, 3.63) is 59.1 Å². The first kappa shape index (κ1) is 18.2. The Bertz CT molecular complexity index is 842. The van der Waals surface area contributed by atoms with Crippen LogP contribution in [0.15, 0.2) is 53.4 Å². The van der Waals surface area contributed by atoms with Gasteiger partial charge in [-0.05, 0) is 42.0 Å². The molecular formula is C18H19ClO5S. The number of ether oxygens (including phenoxy) is 1. The van der Waals surface area contributed by atoms with Gasteiger partial charge in [0.15, 0.2) is 9.84 Å². The van der Waals surface area contributed by atoms with E-state index in [0.29, 0.717) is 10.8 Å². The van der Waals surface area contributed by atoms with E-state index in [4.69, 9.17) is 16.3 Å². The Kier molecular flexibility index (Phi) is 4.81. The van der Waals surface area contributed by atoms with Crippen molar-refractivity contribution in [3.8, 4) is 5.75 Å². The first-order valence-electron chi connectivity index (χ1n) is 7.76. The molecule has 1 fully saturated rings. The van der Waals surface area contributed by atoms with Crippen molar-refractivity contribution in [2.24, 2.45) is 5.41 Å². The molecule has 0 unspecified atom stereocenters. The van der Waals surface area contributed by atoms with E-state index in [1.54, 1.807) is 31.4 Å². The van der Waals surface area contributed by atoms with E-state index in [1.165, 1.54) is 24.3 Å². The first-order valence-corrected chi connectivity index (χ1v) is 9.68. The second kappa shape index (κ2) is 6.61. The SMILES string of the molecule is COc1ccc([C@@H]2[C@@H](S(=O)(=O)c3ccc(Cl)cc3)C2(CO)CO)cc1. The third-order valence-electron chi connectivity index (χ3n) is 4.92. The van der Waals surface area contributed by atoms with Crippen LogP contribution in [-0.4, -0.2) is 44.2 Å². The number of rotatable bonds is 6. The van der Waals surface area contributed by atoms with E-state index in [1.807, 2.05) is 0 Å². The lowest BCUT2D eigenvalue weighted by molar-refractivity contribution is 0.130. The second-order valence-electron chi connectivity index (χ2n) is 6.22. The maximum absolute atomic E-state index is 13.1. The molecule has 2 N–H and O–H groups in total. The van der Waals surface area contributed by atoms with E-state index in [0.717, 1.165) is 5.56 Å². The van der Waals surface area contributed by atoms with Gasteiger partial charge in [-0.2, -0.15) is 0 Å². The van der Waals surface area contributed by atoms with Crippen LogP contribution in [-0.2, 0) is 9.84 Å². The third-order valence-corrected chi connectivity index (χ3v) is 7.51. The average Bonchev–Trinajstić information content (AvgIpc) is 3.33. The molecule has 0 radical (unpaired) electrons. The molecule has 5 nitrogen and oxygen atoms in total.